The lowest BCUT2D eigenvalue weighted by Gasteiger charge is -2.19. The first kappa shape index (κ1) is 15.5. The standard InChI is InChI=1S/C14H18ClNO3/c1-9(2)13(14(18)19-3)16-12(17)8-10-4-6-11(15)7-5-10/h4-7,9,13H,8H2,1-3H3,(H,16,17). The molecule has 0 heterocycles. The highest BCUT2D eigenvalue weighted by Gasteiger charge is 2.24. The molecule has 0 bridgehead atoms. The van der Waals surface area contributed by atoms with Crippen molar-refractivity contribution in [3.05, 3.63) is 34.9 Å². The van der Waals surface area contributed by atoms with Crippen molar-refractivity contribution in [1.82, 2.24) is 5.32 Å². The molecule has 1 rings (SSSR count). The number of amides is 1. The van der Waals surface area contributed by atoms with E-state index in [1.54, 1.807) is 24.3 Å². The monoisotopic (exact) mass is 283 g/mol. The molecule has 0 aromatic heterocycles. The molecular formula is C14H18ClNO3. The number of carbonyl (C=O) groups excluding carboxylic acids is 2. The molecule has 0 spiro atoms. The van der Waals surface area contributed by atoms with E-state index in [1.807, 2.05) is 13.8 Å². The van der Waals surface area contributed by atoms with Gasteiger partial charge in [0, 0.05) is 5.02 Å². The van der Waals surface area contributed by atoms with Gasteiger partial charge in [0.25, 0.3) is 0 Å². The fourth-order valence-electron chi connectivity index (χ4n) is 1.64. The van der Waals surface area contributed by atoms with Crippen LogP contribution in [0.4, 0.5) is 0 Å². The third-order valence-electron chi connectivity index (χ3n) is 2.72. The normalized spacial score (nSPS) is 12.1. The Bertz CT molecular complexity index is 443. The van der Waals surface area contributed by atoms with Crippen LogP contribution in [0.2, 0.25) is 5.02 Å². The number of rotatable bonds is 5. The predicted molar refractivity (Wildman–Crippen MR) is 73.9 cm³/mol. The second-order valence-electron chi connectivity index (χ2n) is 4.62. The third kappa shape index (κ3) is 4.91. The molecule has 5 heteroatoms. The second kappa shape index (κ2) is 7.14. The van der Waals surface area contributed by atoms with Crippen LogP contribution < -0.4 is 5.32 Å². The van der Waals surface area contributed by atoms with Crippen molar-refractivity contribution in [3.63, 3.8) is 0 Å². The molecule has 1 unspecified atom stereocenters. The van der Waals surface area contributed by atoms with E-state index in [0.29, 0.717) is 5.02 Å². The van der Waals surface area contributed by atoms with Gasteiger partial charge in [0.15, 0.2) is 0 Å². The Kier molecular flexibility index (Phi) is 5.83. The maximum absolute atomic E-state index is 11.9. The van der Waals surface area contributed by atoms with Gasteiger partial charge in [0.2, 0.25) is 5.91 Å². The fourth-order valence-corrected chi connectivity index (χ4v) is 1.76. The average Bonchev–Trinajstić information content (AvgIpc) is 2.37. The number of methoxy groups -OCH3 is 1. The molecule has 1 amide bonds. The summed E-state index contributed by atoms with van der Waals surface area (Å²) in [6.45, 7) is 3.70. The Morgan fingerprint density at radius 1 is 1.26 bits per heavy atom. The zero-order valence-electron chi connectivity index (χ0n) is 11.3. The number of carbonyl (C=O) groups is 2. The lowest BCUT2D eigenvalue weighted by molar-refractivity contribution is -0.146. The van der Waals surface area contributed by atoms with Crippen molar-refractivity contribution < 1.29 is 14.3 Å². The average molecular weight is 284 g/mol. The number of ether oxygens (including phenoxy) is 1. The molecule has 0 saturated carbocycles. The van der Waals surface area contributed by atoms with Crippen LogP contribution in [0.25, 0.3) is 0 Å². The van der Waals surface area contributed by atoms with Gasteiger partial charge in [-0.25, -0.2) is 4.79 Å². The van der Waals surface area contributed by atoms with Gasteiger partial charge in [-0.2, -0.15) is 0 Å². The summed E-state index contributed by atoms with van der Waals surface area (Å²) in [5, 5.41) is 3.31. The first-order valence-corrected chi connectivity index (χ1v) is 6.43. The van der Waals surface area contributed by atoms with E-state index in [2.05, 4.69) is 10.1 Å². The van der Waals surface area contributed by atoms with Crippen molar-refractivity contribution in [2.75, 3.05) is 7.11 Å². The molecule has 1 aromatic carbocycles. The highest BCUT2D eigenvalue weighted by Crippen LogP contribution is 2.10. The highest BCUT2D eigenvalue weighted by molar-refractivity contribution is 6.30. The number of halogens is 1. The Hall–Kier alpha value is -1.55. The van der Waals surface area contributed by atoms with Gasteiger partial charge in [-0.15, -0.1) is 0 Å². The van der Waals surface area contributed by atoms with E-state index < -0.39 is 12.0 Å². The zero-order valence-corrected chi connectivity index (χ0v) is 12.0. The van der Waals surface area contributed by atoms with E-state index >= 15 is 0 Å². The SMILES string of the molecule is COC(=O)C(NC(=O)Cc1ccc(Cl)cc1)C(C)C. The number of nitrogens with one attached hydrogen (secondary N) is 1. The molecule has 0 radical (unpaired) electrons. The minimum absolute atomic E-state index is 0.0263. The Balaban J connectivity index is 2.62. The van der Waals surface area contributed by atoms with E-state index in [0.717, 1.165) is 5.56 Å². The minimum atomic E-state index is -0.621. The van der Waals surface area contributed by atoms with Crippen molar-refractivity contribution in [2.24, 2.45) is 5.92 Å². The highest BCUT2D eigenvalue weighted by atomic mass is 35.5. The molecule has 19 heavy (non-hydrogen) atoms. The maximum atomic E-state index is 11.9. The lowest BCUT2D eigenvalue weighted by Crippen LogP contribution is -2.45. The van der Waals surface area contributed by atoms with Gasteiger partial charge in [0.1, 0.15) is 6.04 Å². The number of hydrogen-bond acceptors (Lipinski definition) is 3. The van der Waals surface area contributed by atoms with Crippen LogP contribution in [0, 0.1) is 5.92 Å². The van der Waals surface area contributed by atoms with Crippen molar-refractivity contribution in [1.29, 1.82) is 0 Å². The molecule has 1 aromatic rings. The largest absolute Gasteiger partial charge is 0.467 e. The van der Waals surface area contributed by atoms with Crippen molar-refractivity contribution in [3.8, 4) is 0 Å². The summed E-state index contributed by atoms with van der Waals surface area (Å²) in [6, 6.07) is 6.40. The van der Waals surface area contributed by atoms with Crippen LogP contribution in [0.3, 0.4) is 0 Å². The van der Waals surface area contributed by atoms with Gasteiger partial charge in [-0.05, 0) is 23.6 Å². The van der Waals surface area contributed by atoms with Gasteiger partial charge in [0.05, 0.1) is 13.5 Å². The molecule has 0 fully saturated rings. The molecule has 0 aliphatic rings. The molecular weight excluding hydrogens is 266 g/mol. The summed E-state index contributed by atoms with van der Waals surface area (Å²) < 4.78 is 4.67. The maximum Gasteiger partial charge on any atom is 0.328 e. The fraction of sp³-hybridized carbons (Fsp3) is 0.429. The second-order valence-corrected chi connectivity index (χ2v) is 5.05. The Labute approximate surface area is 118 Å². The molecule has 0 aliphatic heterocycles. The predicted octanol–water partition coefficient (Wildman–Crippen LogP) is 2.20. The third-order valence-corrected chi connectivity index (χ3v) is 2.97. The molecule has 0 saturated heterocycles. The molecule has 1 atom stereocenters. The van der Waals surface area contributed by atoms with Crippen molar-refractivity contribution in [2.45, 2.75) is 26.3 Å². The smallest absolute Gasteiger partial charge is 0.328 e. The van der Waals surface area contributed by atoms with Gasteiger partial charge in [-0.3, -0.25) is 4.79 Å². The van der Waals surface area contributed by atoms with Gasteiger partial charge in [-0.1, -0.05) is 37.6 Å². The van der Waals surface area contributed by atoms with E-state index in [9.17, 15) is 9.59 Å². The van der Waals surface area contributed by atoms with Gasteiger partial charge >= 0.3 is 5.97 Å². The number of benzene rings is 1. The van der Waals surface area contributed by atoms with Crippen LogP contribution in [0.1, 0.15) is 19.4 Å². The minimum Gasteiger partial charge on any atom is -0.467 e. The zero-order chi connectivity index (χ0) is 14.4. The topological polar surface area (TPSA) is 55.4 Å². The molecule has 104 valence electrons. The summed E-state index contributed by atoms with van der Waals surface area (Å²) in [5.41, 5.74) is 0.842. The van der Waals surface area contributed by atoms with E-state index in [4.69, 9.17) is 11.6 Å². The summed E-state index contributed by atoms with van der Waals surface area (Å²) in [7, 11) is 1.31. The Morgan fingerprint density at radius 3 is 2.32 bits per heavy atom. The molecule has 0 aliphatic carbocycles. The van der Waals surface area contributed by atoms with Crippen LogP contribution >= 0.6 is 11.6 Å². The van der Waals surface area contributed by atoms with Gasteiger partial charge < -0.3 is 10.1 Å². The van der Waals surface area contributed by atoms with Crippen LogP contribution in [-0.2, 0) is 20.7 Å². The summed E-state index contributed by atoms with van der Waals surface area (Å²) in [5.74, 6) is -0.674. The summed E-state index contributed by atoms with van der Waals surface area (Å²) >= 11 is 5.77. The van der Waals surface area contributed by atoms with Crippen molar-refractivity contribution >= 4 is 23.5 Å². The lowest BCUT2D eigenvalue weighted by atomic mass is 10.0. The summed E-state index contributed by atoms with van der Waals surface area (Å²) in [6.07, 6.45) is 0.206. The first-order valence-electron chi connectivity index (χ1n) is 6.05. The first-order chi connectivity index (χ1) is 8.93. The van der Waals surface area contributed by atoms with Crippen LogP contribution in [-0.4, -0.2) is 25.0 Å². The molecule has 4 nitrogen and oxygen atoms in total. The van der Waals surface area contributed by atoms with E-state index in [-0.39, 0.29) is 18.2 Å². The quantitative estimate of drug-likeness (QED) is 0.843. The number of hydrogen-bond donors (Lipinski definition) is 1. The summed E-state index contributed by atoms with van der Waals surface area (Å²) in [4.78, 5) is 23.4. The number of esters is 1. The van der Waals surface area contributed by atoms with E-state index in [1.165, 1.54) is 7.11 Å². The Morgan fingerprint density at radius 2 is 1.84 bits per heavy atom. The van der Waals surface area contributed by atoms with Crippen LogP contribution in [0.5, 0.6) is 0 Å². The van der Waals surface area contributed by atoms with Crippen LogP contribution in [0.15, 0.2) is 24.3 Å². The molecule has 1 N–H and O–H groups in total.